The molecule has 1 saturated heterocycles. The number of ether oxygens (including phenoxy) is 1. The van der Waals surface area contributed by atoms with Crippen LogP contribution in [-0.2, 0) is 25.1 Å². The predicted molar refractivity (Wildman–Crippen MR) is 149 cm³/mol. The van der Waals surface area contributed by atoms with Crippen LogP contribution in [0.3, 0.4) is 0 Å². The lowest BCUT2D eigenvalue weighted by atomic mass is 10.1. The molecular weight excluding hydrogens is 561 g/mol. The summed E-state index contributed by atoms with van der Waals surface area (Å²) in [5, 5.41) is 14.8. The first-order chi connectivity index (χ1) is 19.6. The van der Waals surface area contributed by atoms with Crippen LogP contribution >= 0.6 is 8.38 Å². The fourth-order valence-corrected chi connectivity index (χ4v) is 5.99. The van der Waals surface area contributed by atoms with E-state index >= 15 is 0 Å². The SMILES string of the molecule is CCOP(CCCN(C=O)C1(N(C)n2cc(C(=O)NCc3ccc(F)cc3F)c(=O)c(O)c2C)CCOC1)OCC. The van der Waals surface area contributed by atoms with Crippen molar-refractivity contribution in [3.05, 3.63) is 63.1 Å². The molecule has 3 rings (SSSR count). The topological polar surface area (TPSA) is 123 Å². The Morgan fingerprint density at radius 2 is 2.00 bits per heavy atom. The molecule has 2 aromatic rings. The summed E-state index contributed by atoms with van der Waals surface area (Å²) in [6.07, 6.45) is 3.64. The number of amides is 2. The molecule has 1 aromatic carbocycles. The van der Waals surface area contributed by atoms with Crippen LogP contribution < -0.4 is 15.8 Å². The van der Waals surface area contributed by atoms with Gasteiger partial charge in [0.15, 0.2) is 19.8 Å². The molecule has 14 heteroatoms. The van der Waals surface area contributed by atoms with Gasteiger partial charge in [-0.3, -0.25) is 24.1 Å². The van der Waals surface area contributed by atoms with Gasteiger partial charge in [-0.25, -0.2) is 8.78 Å². The predicted octanol–water partition coefficient (Wildman–Crippen LogP) is 2.99. The highest BCUT2D eigenvalue weighted by atomic mass is 31.2. The number of hydrogen-bond acceptors (Lipinski definition) is 8. The minimum absolute atomic E-state index is 0.0227. The maximum Gasteiger partial charge on any atom is 0.257 e. The third-order valence-corrected chi connectivity index (χ3v) is 8.72. The molecule has 1 aromatic heterocycles. The highest BCUT2D eigenvalue weighted by Gasteiger charge is 2.45. The van der Waals surface area contributed by atoms with Gasteiger partial charge in [-0.15, -0.1) is 0 Å². The molecule has 0 spiro atoms. The third kappa shape index (κ3) is 7.40. The Bertz CT molecular complexity index is 1270. The van der Waals surface area contributed by atoms with Crippen LogP contribution in [0, 0.1) is 18.6 Å². The van der Waals surface area contributed by atoms with Gasteiger partial charge in [0.1, 0.15) is 17.2 Å². The maximum atomic E-state index is 14.0. The average molecular weight is 599 g/mol. The van der Waals surface area contributed by atoms with E-state index in [0.29, 0.717) is 51.4 Å². The second-order valence-electron chi connectivity index (χ2n) is 9.42. The number of aromatic hydroxyl groups is 1. The number of likely N-dealkylation sites (N-methyl/N-ethyl adjacent to an activating group) is 1. The van der Waals surface area contributed by atoms with Gasteiger partial charge in [0.05, 0.1) is 32.1 Å². The van der Waals surface area contributed by atoms with Gasteiger partial charge in [0.25, 0.3) is 5.91 Å². The molecule has 0 aliphatic carbocycles. The molecule has 0 saturated carbocycles. The maximum absolute atomic E-state index is 14.0. The van der Waals surface area contributed by atoms with E-state index in [1.54, 1.807) is 17.0 Å². The van der Waals surface area contributed by atoms with Crippen LogP contribution in [0.4, 0.5) is 8.78 Å². The molecule has 2 amide bonds. The summed E-state index contributed by atoms with van der Waals surface area (Å²) >= 11 is 0. The highest BCUT2D eigenvalue weighted by molar-refractivity contribution is 7.47. The van der Waals surface area contributed by atoms with Crippen molar-refractivity contribution in [1.29, 1.82) is 0 Å². The second kappa shape index (κ2) is 14.7. The number of carbonyl (C=O) groups is 2. The van der Waals surface area contributed by atoms with Crippen molar-refractivity contribution in [1.82, 2.24) is 14.9 Å². The van der Waals surface area contributed by atoms with Crippen LogP contribution in [0.15, 0.2) is 29.2 Å². The van der Waals surface area contributed by atoms with Gasteiger partial charge in [-0.05, 0) is 33.3 Å². The Labute approximate surface area is 238 Å². The van der Waals surface area contributed by atoms with Crippen molar-refractivity contribution in [2.45, 2.75) is 45.8 Å². The average Bonchev–Trinajstić information content (AvgIpc) is 3.44. The molecule has 41 heavy (non-hydrogen) atoms. The first-order valence-electron chi connectivity index (χ1n) is 13.3. The summed E-state index contributed by atoms with van der Waals surface area (Å²) in [6, 6.07) is 2.94. The van der Waals surface area contributed by atoms with E-state index < -0.39 is 48.3 Å². The summed E-state index contributed by atoms with van der Waals surface area (Å²) in [6.45, 7) is 6.89. The Hall–Kier alpha value is -3.12. The van der Waals surface area contributed by atoms with Crippen LogP contribution in [0.1, 0.15) is 48.3 Å². The van der Waals surface area contributed by atoms with Crippen LogP contribution in [0.5, 0.6) is 5.75 Å². The van der Waals surface area contributed by atoms with Crippen LogP contribution in [0.2, 0.25) is 0 Å². The van der Waals surface area contributed by atoms with Gasteiger partial charge in [-0.1, -0.05) is 6.07 Å². The molecule has 1 aliphatic rings. The third-order valence-electron chi connectivity index (χ3n) is 6.95. The molecule has 1 unspecified atom stereocenters. The molecule has 2 heterocycles. The van der Waals surface area contributed by atoms with Gasteiger partial charge < -0.3 is 29.1 Å². The number of rotatable bonds is 15. The number of nitrogens with one attached hydrogen (secondary N) is 1. The fraction of sp³-hybridized carbons (Fsp3) is 0.519. The Balaban J connectivity index is 1.87. The first-order valence-corrected chi connectivity index (χ1v) is 14.7. The second-order valence-corrected chi connectivity index (χ2v) is 11.1. The van der Waals surface area contributed by atoms with Crippen molar-refractivity contribution in [3.63, 3.8) is 0 Å². The van der Waals surface area contributed by atoms with E-state index in [1.165, 1.54) is 23.9 Å². The summed E-state index contributed by atoms with van der Waals surface area (Å²) in [5.41, 5.74) is -2.12. The number of halogens is 2. The quantitative estimate of drug-likeness (QED) is 0.182. The zero-order valence-corrected chi connectivity index (χ0v) is 24.6. The number of aromatic nitrogens is 1. The Kier molecular flexibility index (Phi) is 11.6. The largest absolute Gasteiger partial charge is 0.503 e. The number of benzene rings is 1. The normalized spacial score (nSPS) is 16.7. The van der Waals surface area contributed by atoms with E-state index in [2.05, 4.69) is 5.32 Å². The van der Waals surface area contributed by atoms with Crippen molar-refractivity contribution in [2.24, 2.45) is 0 Å². The Morgan fingerprint density at radius 3 is 2.59 bits per heavy atom. The first kappa shape index (κ1) is 32.4. The number of hydrogen-bond donors (Lipinski definition) is 2. The van der Waals surface area contributed by atoms with Gasteiger partial charge >= 0.3 is 0 Å². The smallest absolute Gasteiger partial charge is 0.257 e. The molecule has 2 N–H and O–H groups in total. The summed E-state index contributed by atoms with van der Waals surface area (Å²) in [4.78, 5) is 39.8. The summed E-state index contributed by atoms with van der Waals surface area (Å²) in [7, 11) is 0.591. The van der Waals surface area contributed by atoms with E-state index in [-0.39, 0.29) is 24.4 Å². The lowest BCUT2D eigenvalue weighted by molar-refractivity contribution is -0.125. The van der Waals surface area contributed by atoms with Gasteiger partial charge in [-0.2, -0.15) is 0 Å². The van der Waals surface area contributed by atoms with Gasteiger partial charge in [0.2, 0.25) is 11.8 Å². The molecule has 11 nitrogen and oxygen atoms in total. The van der Waals surface area contributed by atoms with E-state index in [1.807, 2.05) is 13.8 Å². The molecular formula is C27H37F2N4O7P. The lowest BCUT2D eigenvalue weighted by Crippen LogP contribution is -2.64. The lowest BCUT2D eigenvalue weighted by Gasteiger charge is -2.46. The molecule has 1 aliphatic heterocycles. The molecule has 0 radical (unpaired) electrons. The monoisotopic (exact) mass is 598 g/mol. The molecule has 1 fully saturated rings. The zero-order valence-electron chi connectivity index (χ0n) is 23.7. The van der Waals surface area contributed by atoms with E-state index in [9.17, 15) is 28.3 Å². The summed E-state index contributed by atoms with van der Waals surface area (Å²) < 4.78 is 45.7. The van der Waals surface area contributed by atoms with E-state index in [0.717, 1.165) is 12.5 Å². The minimum Gasteiger partial charge on any atom is -0.503 e. The standard InChI is InChI=1S/C27H37F2N4O7P/c1-5-39-41(40-6-2)13-7-11-32(18-34)27(10-12-38-17-27)31(4)33-16-22(25(36)24(35)19(33)3)26(37)30-15-20-8-9-21(28)14-23(20)29/h8-9,14,16,18,35H,5-7,10-13,15,17H2,1-4H3,(H,30,37). The van der Waals surface area contributed by atoms with Gasteiger partial charge in [0, 0.05) is 50.5 Å². The molecule has 1 atom stereocenters. The van der Waals surface area contributed by atoms with Crippen molar-refractivity contribution in [2.75, 3.05) is 51.2 Å². The van der Waals surface area contributed by atoms with Crippen molar-refractivity contribution in [3.8, 4) is 5.75 Å². The zero-order chi connectivity index (χ0) is 30.2. The highest BCUT2D eigenvalue weighted by Crippen LogP contribution is 2.39. The van der Waals surface area contributed by atoms with Crippen molar-refractivity contribution < 1.29 is 37.3 Å². The van der Waals surface area contributed by atoms with Crippen molar-refractivity contribution >= 4 is 20.7 Å². The molecule has 226 valence electrons. The summed E-state index contributed by atoms with van der Waals surface area (Å²) in [5.74, 6) is -3.12. The van der Waals surface area contributed by atoms with Crippen LogP contribution in [0.25, 0.3) is 0 Å². The number of carbonyl (C=O) groups excluding carboxylic acids is 2. The fourth-order valence-electron chi connectivity index (χ4n) is 4.68. The number of nitrogens with zero attached hydrogens (tertiary/aromatic N) is 3. The molecule has 0 bridgehead atoms. The number of pyridine rings is 1. The van der Waals surface area contributed by atoms with E-state index in [4.69, 9.17) is 13.8 Å². The Morgan fingerprint density at radius 1 is 1.29 bits per heavy atom. The minimum atomic E-state index is -1.08. The van der Waals surface area contributed by atoms with Crippen LogP contribution in [-0.4, -0.2) is 78.8 Å².